The summed E-state index contributed by atoms with van der Waals surface area (Å²) in [6.07, 6.45) is 6.38. The molecule has 0 unspecified atom stereocenters. The summed E-state index contributed by atoms with van der Waals surface area (Å²) in [5, 5.41) is 8.64. The molecule has 0 saturated carbocycles. The minimum Gasteiger partial charge on any atom is -0.343 e. The molecule has 0 N–H and O–H groups in total. The molecule has 1 aromatic carbocycles. The highest BCUT2D eigenvalue weighted by atomic mass is 16.2. The molecule has 1 saturated heterocycles. The molecule has 0 spiro atoms. The minimum absolute atomic E-state index is 0.263. The van der Waals surface area contributed by atoms with Crippen LogP contribution in [0.15, 0.2) is 48.7 Å². The number of pyridine rings is 1. The molecule has 0 radical (unpaired) electrons. The molecule has 1 aliphatic rings. The largest absolute Gasteiger partial charge is 0.343 e. The van der Waals surface area contributed by atoms with Crippen molar-refractivity contribution in [2.45, 2.75) is 44.9 Å². The summed E-state index contributed by atoms with van der Waals surface area (Å²) in [7, 11) is 0. The van der Waals surface area contributed by atoms with Gasteiger partial charge in [-0.3, -0.25) is 9.20 Å². The number of fused-ring (bicyclic) bond motifs is 1. The van der Waals surface area contributed by atoms with E-state index in [-0.39, 0.29) is 5.91 Å². The molecule has 1 amide bonds. The van der Waals surface area contributed by atoms with Crippen LogP contribution in [0.5, 0.6) is 0 Å². The quantitative estimate of drug-likeness (QED) is 0.696. The molecule has 3 heterocycles. The first-order chi connectivity index (χ1) is 13.2. The Morgan fingerprint density at radius 3 is 2.52 bits per heavy atom. The van der Waals surface area contributed by atoms with E-state index in [0.717, 1.165) is 50.2 Å². The first-order valence-corrected chi connectivity index (χ1v) is 9.90. The van der Waals surface area contributed by atoms with E-state index in [1.807, 2.05) is 29.3 Å². The van der Waals surface area contributed by atoms with Crippen LogP contribution in [0.3, 0.4) is 0 Å². The maximum absolute atomic E-state index is 12.6. The van der Waals surface area contributed by atoms with Crippen molar-refractivity contribution >= 4 is 11.6 Å². The fourth-order valence-corrected chi connectivity index (χ4v) is 3.88. The Morgan fingerprint density at radius 2 is 1.78 bits per heavy atom. The standard InChI is InChI=1S/C22H26N4O/c1-2-17-6-8-18(9-7-17)10-11-21(27)25-15-12-19(13-16-25)22-24-23-20-5-3-4-14-26(20)22/h3-9,14,19H,2,10-13,15-16H2,1H3. The van der Waals surface area contributed by atoms with Gasteiger partial charge in [0.25, 0.3) is 0 Å². The summed E-state index contributed by atoms with van der Waals surface area (Å²) in [6, 6.07) is 14.6. The van der Waals surface area contributed by atoms with Crippen LogP contribution in [0.4, 0.5) is 0 Å². The Hall–Kier alpha value is -2.69. The van der Waals surface area contributed by atoms with Crippen molar-refractivity contribution < 1.29 is 4.79 Å². The Bertz CT molecular complexity index is 907. The molecule has 0 bridgehead atoms. The van der Waals surface area contributed by atoms with Crippen molar-refractivity contribution in [2.75, 3.05) is 13.1 Å². The maximum atomic E-state index is 12.6. The summed E-state index contributed by atoms with van der Waals surface area (Å²) >= 11 is 0. The SMILES string of the molecule is CCc1ccc(CCC(=O)N2CCC(c3nnc4ccccn34)CC2)cc1. The van der Waals surface area contributed by atoms with Crippen LogP contribution >= 0.6 is 0 Å². The lowest BCUT2D eigenvalue weighted by Gasteiger charge is -2.31. The lowest BCUT2D eigenvalue weighted by atomic mass is 9.95. The minimum atomic E-state index is 0.263. The average Bonchev–Trinajstić information content (AvgIpc) is 3.16. The molecule has 27 heavy (non-hydrogen) atoms. The zero-order valence-electron chi connectivity index (χ0n) is 15.8. The lowest BCUT2D eigenvalue weighted by molar-refractivity contribution is -0.132. The molecule has 1 aliphatic heterocycles. The van der Waals surface area contributed by atoms with Crippen molar-refractivity contribution in [3.8, 4) is 0 Å². The highest BCUT2D eigenvalue weighted by molar-refractivity contribution is 5.76. The number of aromatic nitrogens is 3. The second kappa shape index (κ2) is 7.91. The summed E-state index contributed by atoms with van der Waals surface area (Å²) in [5.74, 6) is 1.65. The van der Waals surface area contributed by atoms with E-state index in [2.05, 4.69) is 45.8 Å². The molecule has 140 valence electrons. The first-order valence-electron chi connectivity index (χ1n) is 9.90. The van der Waals surface area contributed by atoms with Gasteiger partial charge in [-0.25, -0.2) is 0 Å². The second-order valence-corrected chi connectivity index (χ2v) is 7.31. The van der Waals surface area contributed by atoms with Crippen molar-refractivity contribution in [3.63, 3.8) is 0 Å². The van der Waals surface area contributed by atoms with Gasteiger partial charge in [0.2, 0.25) is 5.91 Å². The van der Waals surface area contributed by atoms with Crippen molar-refractivity contribution in [1.29, 1.82) is 0 Å². The highest BCUT2D eigenvalue weighted by Gasteiger charge is 2.26. The zero-order valence-corrected chi connectivity index (χ0v) is 15.8. The number of rotatable bonds is 5. The number of likely N-dealkylation sites (tertiary alicyclic amines) is 1. The molecule has 0 atom stereocenters. The number of hydrogen-bond acceptors (Lipinski definition) is 3. The third-order valence-electron chi connectivity index (χ3n) is 5.61. The van der Waals surface area contributed by atoms with Gasteiger partial charge >= 0.3 is 0 Å². The molecular weight excluding hydrogens is 336 g/mol. The predicted molar refractivity (Wildman–Crippen MR) is 106 cm³/mol. The van der Waals surface area contributed by atoms with E-state index in [4.69, 9.17) is 0 Å². The van der Waals surface area contributed by atoms with Crippen LogP contribution in [-0.2, 0) is 17.6 Å². The first kappa shape index (κ1) is 17.7. The van der Waals surface area contributed by atoms with Gasteiger partial charge in [0.15, 0.2) is 5.65 Å². The van der Waals surface area contributed by atoms with E-state index < -0.39 is 0 Å². The summed E-state index contributed by atoms with van der Waals surface area (Å²) in [6.45, 7) is 3.77. The van der Waals surface area contributed by atoms with Gasteiger partial charge < -0.3 is 4.90 Å². The molecule has 5 heteroatoms. The van der Waals surface area contributed by atoms with Crippen LogP contribution in [0.2, 0.25) is 0 Å². The Labute approximate surface area is 160 Å². The normalized spacial score (nSPS) is 15.4. The van der Waals surface area contributed by atoms with E-state index in [1.54, 1.807) is 0 Å². The predicted octanol–water partition coefficient (Wildman–Crippen LogP) is 3.63. The van der Waals surface area contributed by atoms with E-state index >= 15 is 0 Å². The van der Waals surface area contributed by atoms with Gasteiger partial charge in [-0.15, -0.1) is 10.2 Å². The van der Waals surface area contributed by atoms with Crippen LogP contribution < -0.4 is 0 Å². The number of piperidine rings is 1. The van der Waals surface area contributed by atoms with Gasteiger partial charge in [-0.05, 0) is 48.9 Å². The number of nitrogens with zero attached hydrogens (tertiary/aromatic N) is 4. The highest BCUT2D eigenvalue weighted by Crippen LogP contribution is 2.27. The smallest absolute Gasteiger partial charge is 0.222 e. The monoisotopic (exact) mass is 362 g/mol. The van der Waals surface area contributed by atoms with Crippen LogP contribution in [0, 0.1) is 0 Å². The molecular formula is C22H26N4O. The number of amides is 1. The number of carbonyl (C=O) groups excluding carboxylic acids is 1. The fourth-order valence-electron chi connectivity index (χ4n) is 3.88. The second-order valence-electron chi connectivity index (χ2n) is 7.31. The van der Waals surface area contributed by atoms with Crippen LogP contribution in [-0.4, -0.2) is 38.5 Å². The van der Waals surface area contributed by atoms with Gasteiger partial charge in [0.05, 0.1) is 0 Å². The van der Waals surface area contributed by atoms with Crippen molar-refractivity contribution in [2.24, 2.45) is 0 Å². The van der Waals surface area contributed by atoms with Crippen LogP contribution in [0.1, 0.15) is 49.1 Å². The van der Waals surface area contributed by atoms with E-state index in [1.165, 1.54) is 11.1 Å². The summed E-state index contributed by atoms with van der Waals surface area (Å²) in [4.78, 5) is 14.6. The number of hydrogen-bond donors (Lipinski definition) is 0. The molecule has 4 rings (SSSR count). The van der Waals surface area contributed by atoms with E-state index in [9.17, 15) is 4.79 Å². The van der Waals surface area contributed by atoms with Gasteiger partial charge in [0.1, 0.15) is 5.82 Å². The Balaban J connectivity index is 1.31. The fraction of sp³-hybridized carbons (Fsp3) is 0.409. The summed E-state index contributed by atoms with van der Waals surface area (Å²) < 4.78 is 2.07. The molecule has 3 aromatic rings. The zero-order chi connectivity index (χ0) is 18.6. The van der Waals surface area contributed by atoms with Gasteiger partial charge in [-0.1, -0.05) is 37.3 Å². The van der Waals surface area contributed by atoms with E-state index in [0.29, 0.717) is 12.3 Å². The molecule has 1 fully saturated rings. The lowest BCUT2D eigenvalue weighted by Crippen LogP contribution is -2.38. The third-order valence-corrected chi connectivity index (χ3v) is 5.61. The van der Waals surface area contributed by atoms with Crippen molar-refractivity contribution in [1.82, 2.24) is 19.5 Å². The van der Waals surface area contributed by atoms with Crippen molar-refractivity contribution in [3.05, 3.63) is 65.6 Å². The maximum Gasteiger partial charge on any atom is 0.222 e. The Kier molecular flexibility index (Phi) is 5.19. The number of aryl methyl sites for hydroxylation is 2. The number of carbonyl (C=O) groups is 1. The average molecular weight is 362 g/mol. The van der Waals surface area contributed by atoms with Crippen LogP contribution in [0.25, 0.3) is 5.65 Å². The topological polar surface area (TPSA) is 50.5 Å². The molecule has 2 aromatic heterocycles. The number of benzene rings is 1. The Morgan fingerprint density at radius 1 is 1.04 bits per heavy atom. The molecule has 0 aliphatic carbocycles. The van der Waals surface area contributed by atoms with Gasteiger partial charge in [-0.2, -0.15) is 0 Å². The molecule has 5 nitrogen and oxygen atoms in total. The third kappa shape index (κ3) is 3.87. The summed E-state index contributed by atoms with van der Waals surface area (Å²) in [5.41, 5.74) is 3.47. The van der Waals surface area contributed by atoms with Gasteiger partial charge in [0, 0.05) is 31.6 Å².